The van der Waals surface area contributed by atoms with Crippen molar-refractivity contribution >= 4 is 0 Å². The highest BCUT2D eigenvalue weighted by molar-refractivity contribution is 5.84. The van der Waals surface area contributed by atoms with Crippen LogP contribution in [0.15, 0.2) is 42.5 Å². The molecule has 2 aliphatic rings. The summed E-state index contributed by atoms with van der Waals surface area (Å²) in [4.78, 5) is 0. The molecule has 1 saturated heterocycles. The molecule has 0 radical (unpaired) electrons. The SMILES string of the molecule is CC1(C)c2ccccc2-c2c(C3(N)CNC3)cccc21. The highest BCUT2D eigenvalue weighted by Gasteiger charge is 2.42. The first-order chi connectivity index (χ1) is 9.54. The minimum Gasteiger partial charge on any atom is -0.319 e. The topological polar surface area (TPSA) is 38.0 Å². The molecule has 0 aromatic heterocycles. The maximum absolute atomic E-state index is 6.58. The second-order valence-electron chi connectivity index (χ2n) is 6.66. The molecular weight excluding hydrogens is 244 g/mol. The molecule has 1 heterocycles. The fourth-order valence-corrected chi connectivity index (χ4v) is 3.75. The van der Waals surface area contributed by atoms with Crippen LogP contribution in [0.2, 0.25) is 0 Å². The number of fused-ring (bicyclic) bond motifs is 3. The summed E-state index contributed by atoms with van der Waals surface area (Å²) in [5.74, 6) is 0. The molecule has 1 aliphatic heterocycles. The third-order valence-electron chi connectivity index (χ3n) is 5.02. The molecule has 0 bridgehead atoms. The average molecular weight is 264 g/mol. The Balaban J connectivity index is 2.05. The van der Waals surface area contributed by atoms with Gasteiger partial charge < -0.3 is 11.1 Å². The summed E-state index contributed by atoms with van der Waals surface area (Å²) in [6, 6.07) is 15.4. The second-order valence-corrected chi connectivity index (χ2v) is 6.66. The molecule has 102 valence electrons. The first-order valence-electron chi connectivity index (χ1n) is 7.27. The summed E-state index contributed by atoms with van der Waals surface area (Å²) >= 11 is 0. The van der Waals surface area contributed by atoms with Crippen molar-refractivity contribution in [1.29, 1.82) is 0 Å². The zero-order valence-corrected chi connectivity index (χ0v) is 12.0. The number of rotatable bonds is 1. The molecule has 2 aromatic rings. The van der Waals surface area contributed by atoms with E-state index in [-0.39, 0.29) is 11.0 Å². The van der Waals surface area contributed by atoms with E-state index in [0.717, 1.165) is 13.1 Å². The Morgan fingerprint density at radius 2 is 1.55 bits per heavy atom. The molecule has 2 nitrogen and oxygen atoms in total. The quantitative estimate of drug-likeness (QED) is 0.831. The minimum atomic E-state index is -0.209. The molecular formula is C18H20N2. The van der Waals surface area contributed by atoms with E-state index >= 15 is 0 Å². The zero-order chi connectivity index (χ0) is 14.0. The van der Waals surface area contributed by atoms with Crippen LogP contribution in [-0.4, -0.2) is 13.1 Å². The van der Waals surface area contributed by atoms with Gasteiger partial charge in [0, 0.05) is 18.5 Å². The van der Waals surface area contributed by atoms with Gasteiger partial charge in [-0.3, -0.25) is 0 Å². The monoisotopic (exact) mass is 264 g/mol. The Morgan fingerprint density at radius 3 is 2.25 bits per heavy atom. The van der Waals surface area contributed by atoms with Gasteiger partial charge in [0.25, 0.3) is 0 Å². The van der Waals surface area contributed by atoms with Gasteiger partial charge in [0.2, 0.25) is 0 Å². The lowest BCUT2D eigenvalue weighted by Gasteiger charge is -2.41. The van der Waals surface area contributed by atoms with Gasteiger partial charge in [-0.05, 0) is 27.8 Å². The molecule has 2 aromatic carbocycles. The van der Waals surface area contributed by atoms with Gasteiger partial charge in [-0.1, -0.05) is 56.3 Å². The van der Waals surface area contributed by atoms with Gasteiger partial charge in [0.05, 0.1) is 5.54 Å². The maximum atomic E-state index is 6.58. The standard InChI is InChI=1S/C18H20N2/c1-17(2)13-7-4-3-6-12(13)16-14(17)8-5-9-15(16)18(19)10-20-11-18/h3-9,20H,10-11,19H2,1-2H3. The van der Waals surface area contributed by atoms with Crippen molar-refractivity contribution in [3.63, 3.8) is 0 Å². The Kier molecular flexibility index (Phi) is 2.25. The van der Waals surface area contributed by atoms with Crippen molar-refractivity contribution < 1.29 is 0 Å². The van der Waals surface area contributed by atoms with Crippen LogP contribution in [0.1, 0.15) is 30.5 Å². The van der Waals surface area contributed by atoms with E-state index in [4.69, 9.17) is 5.73 Å². The first kappa shape index (κ1) is 12.1. The van der Waals surface area contributed by atoms with Crippen molar-refractivity contribution in [1.82, 2.24) is 5.32 Å². The summed E-state index contributed by atoms with van der Waals surface area (Å²) < 4.78 is 0. The van der Waals surface area contributed by atoms with Gasteiger partial charge in [-0.2, -0.15) is 0 Å². The van der Waals surface area contributed by atoms with E-state index in [1.54, 1.807) is 0 Å². The summed E-state index contributed by atoms with van der Waals surface area (Å²) in [7, 11) is 0. The molecule has 0 saturated carbocycles. The molecule has 0 amide bonds. The fourth-order valence-electron chi connectivity index (χ4n) is 3.75. The smallest absolute Gasteiger partial charge is 0.0668 e. The van der Waals surface area contributed by atoms with Gasteiger partial charge in [-0.25, -0.2) is 0 Å². The zero-order valence-electron chi connectivity index (χ0n) is 12.0. The van der Waals surface area contributed by atoms with Crippen LogP contribution in [0, 0.1) is 0 Å². The van der Waals surface area contributed by atoms with Crippen LogP contribution < -0.4 is 11.1 Å². The van der Waals surface area contributed by atoms with Crippen molar-refractivity contribution in [3.05, 3.63) is 59.2 Å². The number of benzene rings is 2. The molecule has 1 aliphatic carbocycles. The van der Waals surface area contributed by atoms with E-state index in [9.17, 15) is 0 Å². The first-order valence-corrected chi connectivity index (χ1v) is 7.27. The minimum absolute atomic E-state index is 0.0650. The second kappa shape index (κ2) is 3.72. The third-order valence-corrected chi connectivity index (χ3v) is 5.02. The van der Waals surface area contributed by atoms with Crippen molar-refractivity contribution in [2.75, 3.05) is 13.1 Å². The van der Waals surface area contributed by atoms with E-state index in [2.05, 4.69) is 61.6 Å². The average Bonchev–Trinajstić information content (AvgIpc) is 2.66. The Morgan fingerprint density at radius 1 is 0.900 bits per heavy atom. The Hall–Kier alpha value is -1.64. The lowest BCUT2D eigenvalue weighted by molar-refractivity contribution is 0.288. The molecule has 2 heteroatoms. The van der Waals surface area contributed by atoms with Crippen LogP contribution in [0.5, 0.6) is 0 Å². The largest absolute Gasteiger partial charge is 0.319 e. The normalized spacial score (nSPS) is 20.9. The predicted molar refractivity (Wildman–Crippen MR) is 82.7 cm³/mol. The highest BCUT2D eigenvalue weighted by atomic mass is 15.1. The molecule has 1 fully saturated rings. The van der Waals surface area contributed by atoms with E-state index < -0.39 is 0 Å². The number of nitrogens with two attached hydrogens (primary N) is 1. The van der Waals surface area contributed by atoms with Crippen molar-refractivity contribution in [3.8, 4) is 11.1 Å². The number of hydrogen-bond donors (Lipinski definition) is 2. The predicted octanol–water partition coefficient (Wildman–Crippen LogP) is 2.75. The molecule has 20 heavy (non-hydrogen) atoms. The summed E-state index contributed by atoms with van der Waals surface area (Å²) in [6.07, 6.45) is 0. The van der Waals surface area contributed by atoms with E-state index in [1.165, 1.54) is 27.8 Å². The Bertz CT molecular complexity index is 696. The molecule has 0 unspecified atom stereocenters. The van der Waals surface area contributed by atoms with Gasteiger partial charge in [0.15, 0.2) is 0 Å². The fraction of sp³-hybridized carbons (Fsp3) is 0.333. The maximum Gasteiger partial charge on any atom is 0.0668 e. The number of hydrogen-bond acceptors (Lipinski definition) is 2. The lowest BCUT2D eigenvalue weighted by Crippen LogP contribution is -2.63. The van der Waals surface area contributed by atoms with Crippen molar-refractivity contribution in [2.24, 2.45) is 5.73 Å². The van der Waals surface area contributed by atoms with E-state index in [1.807, 2.05) is 0 Å². The number of nitrogens with one attached hydrogen (secondary N) is 1. The molecule has 0 atom stereocenters. The molecule has 0 spiro atoms. The van der Waals surface area contributed by atoms with Crippen molar-refractivity contribution in [2.45, 2.75) is 24.8 Å². The summed E-state index contributed by atoms with van der Waals surface area (Å²) in [5, 5.41) is 3.31. The van der Waals surface area contributed by atoms with Crippen LogP contribution >= 0.6 is 0 Å². The molecule has 4 rings (SSSR count). The van der Waals surface area contributed by atoms with E-state index in [0.29, 0.717) is 0 Å². The highest BCUT2D eigenvalue weighted by Crippen LogP contribution is 2.51. The summed E-state index contributed by atoms with van der Waals surface area (Å²) in [5.41, 5.74) is 13.3. The van der Waals surface area contributed by atoms with Gasteiger partial charge >= 0.3 is 0 Å². The van der Waals surface area contributed by atoms with Gasteiger partial charge in [-0.15, -0.1) is 0 Å². The van der Waals surface area contributed by atoms with Gasteiger partial charge in [0.1, 0.15) is 0 Å². The van der Waals surface area contributed by atoms with Crippen LogP contribution in [0.3, 0.4) is 0 Å². The van der Waals surface area contributed by atoms with Crippen LogP contribution in [0.4, 0.5) is 0 Å². The van der Waals surface area contributed by atoms with Crippen LogP contribution in [-0.2, 0) is 11.0 Å². The molecule has 3 N–H and O–H groups in total. The summed E-state index contributed by atoms with van der Waals surface area (Å²) in [6.45, 7) is 6.35. The lowest BCUT2D eigenvalue weighted by atomic mass is 9.78. The Labute approximate surface area is 120 Å². The third kappa shape index (κ3) is 1.36. The van der Waals surface area contributed by atoms with Crippen LogP contribution in [0.25, 0.3) is 11.1 Å².